The monoisotopic (exact) mass is 332 g/mol. The third-order valence-electron chi connectivity index (χ3n) is 2.59. The van der Waals surface area contributed by atoms with Gasteiger partial charge in [-0.2, -0.15) is 5.26 Å². The number of carbonyl (C=O) groups is 1. The molecule has 22 heavy (non-hydrogen) atoms. The number of halogens is 2. The number of nitriles is 1. The molecule has 110 valence electrons. The number of aromatic nitrogens is 1. The van der Waals surface area contributed by atoms with Crippen molar-refractivity contribution in [2.75, 3.05) is 10.6 Å². The second-order valence-electron chi connectivity index (χ2n) is 4.13. The van der Waals surface area contributed by atoms with Crippen LogP contribution in [0.1, 0.15) is 0 Å². The molecule has 1 heterocycles. The highest BCUT2D eigenvalue weighted by atomic mass is 35.5. The molecule has 7 heteroatoms. The summed E-state index contributed by atoms with van der Waals surface area (Å²) in [6.45, 7) is 0. The zero-order chi connectivity index (χ0) is 15.9. The smallest absolute Gasteiger partial charge is 0.267 e. The van der Waals surface area contributed by atoms with E-state index in [0.717, 1.165) is 0 Å². The van der Waals surface area contributed by atoms with Crippen LogP contribution in [-0.4, -0.2) is 10.9 Å². The van der Waals surface area contributed by atoms with Crippen LogP contribution in [-0.2, 0) is 4.79 Å². The Morgan fingerprint density at radius 3 is 2.77 bits per heavy atom. The maximum Gasteiger partial charge on any atom is 0.267 e. The maximum atomic E-state index is 12.1. The fourth-order valence-corrected chi connectivity index (χ4v) is 1.99. The van der Waals surface area contributed by atoms with E-state index in [4.69, 9.17) is 28.5 Å². The van der Waals surface area contributed by atoms with Crippen molar-refractivity contribution in [2.45, 2.75) is 0 Å². The first-order valence-electron chi connectivity index (χ1n) is 6.13. The van der Waals surface area contributed by atoms with Crippen LogP contribution in [0.4, 0.5) is 11.4 Å². The number of rotatable bonds is 4. The Morgan fingerprint density at radius 1 is 1.32 bits per heavy atom. The zero-order valence-corrected chi connectivity index (χ0v) is 12.7. The molecule has 2 N–H and O–H groups in total. The summed E-state index contributed by atoms with van der Waals surface area (Å²) in [4.78, 5) is 16.0. The summed E-state index contributed by atoms with van der Waals surface area (Å²) in [6, 6.07) is 9.96. The lowest BCUT2D eigenvalue weighted by molar-refractivity contribution is -0.112. The minimum Gasteiger partial charge on any atom is -0.359 e. The molecule has 0 spiro atoms. The molecule has 0 atom stereocenters. The van der Waals surface area contributed by atoms with Crippen molar-refractivity contribution >= 4 is 40.5 Å². The van der Waals surface area contributed by atoms with Crippen LogP contribution in [0.5, 0.6) is 0 Å². The van der Waals surface area contributed by atoms with E-state index >= 15 is 0 Å². The Balaban J connectivity index is 2.10. The second-order valence-corrected chi connectivity index (χ2v) is 4.98. The zero-order valence-electron chi connectivity index (χ0n) is 11.2. The molecule has 0 aliphatic carbocycles. The Hall–Kier alpha value is -2.55. The molecule has 0 fully saturated rings. The van der Waals surface area contributed by atoms with E-state index in [0.29, 0.717) is 21.4 Å². The fourth-order valence-electron chi connectivity index (χ4n) is 1.53. The van der Waals surface area contributed by atoms with Crippen LogP contribution < -0.4 is 10.6 Å². The van der Waals surface area contributed by atoms with E-state index in [-0.39, 0.29) is 5.57 Å². The van der Waals surface area contributed by atoms with Gasteiger partial charge in [-0.25, -0.2) is 0 Å². The minimum atomic E-state index is -0.580. The van der Waals surface area contributed by atoms with Gasteiger partial charge in [-0.05, 0) is 30.3 Å². The standard InChI is InChI=1S/C15H10Cl2N4O/c16-11-3-4-14(13(17)6-11)21-15(22)10(7-18)8-20-12-2-1-5-19-9-12/h1-6,8-9,20H,(H,21,22)/b10-8-. The molecule has 2 aromatic rings. The SMILES string of the molecule is N#C/C(=C/Nc1cccnc1)C(=O)Nc1ccc(Cl)cc1Cl. The number of hydrogen-bond donors (Lipinski definition) is 2. The normalized spacial score (nSPS) is 10.7. The first-order chi connectivity index (χ1) is 10.6. The van der Waals surface area contributed by atoms with Gasteiger partial charge < -0.3 is 10.6 Å². The van der Waals surface area contributed by atoms with Gasteiger partial charge in [-0.15, -0.1) is 0 Å². The van der Waals surface area contributed by atoms with Crippen LogP contribution in [0.3, 0.4) is 0 Å². The molecule has 1 aromatic carbocycles. The molecule has 5 nitrogen and oxygen atoms in total. The maximum absolute atomic E-state index is 12.1. The molecule has 1 amide bonds. The van der Waals surface area contributed by atoms with Gasteiger partial charge in [0.1, 0.15) is 11.6 Å². The molecule has 0 radical (unpaired) electrons. The van der Waals surface area contributed by atoms with E-state index in [1.54, 1.807) is 36.7 Å². The molecular weight excluding hydrogens is 323 g/mol. The lowest BCUT2D eigenvalue weighted by Crippen LogP contribution is -2.14. The topological polar surface area (TPSA) is 77.8 Å². The number of amides is 1. The Labute approximate surface area is 137 Å². The summed E-state index contributed by atoms with van der Waals surface area (Å²) in [5.41, 5.74) is 0.932. The van der Waals surface area contributed by atoms with Crippen molar-refractivity contribution < 1.29 is 4.79 Å². The van der Waals surface area contributed by atoms with Gasteiger partial charge in [-0.3, -0.25) is 9.78 Å². The molecule has 0 bridgehead atoms. The molecule has 0 aliphatic rings. The van der Waals surface area contributed by atoms with E-state index < -0.39 is 5.91 Å². The van der Waals surface area contributed by atoms with E-state index in [2.05, 4.69) is 15.6 Å². The van der Waals surface area contributed by atoms with Crippen molar-refractivity contribution in [3.05, 3.63) is 64.5 Å². The summed E-state index contributed by atoms with van der Waals surface area (Å²) in [6.07, 6.45) is 4.49. The van der Waals surface area contributed by atoms with Crippen molar-refractivity contribution in [2.24, 2.45) is 0 Å². The molecule has 0 saturated heterocycles. The Morgan fingerprint density at radius 2 is 2.14 bits per heavy atom. The number of nitrogens with one attached hydrogen (secondary N) is 2. The highest BCUT2D eigenvalue weighted by Gasteiger charge is 2.11. The van der Waals surface area contributed by atoms with Gasteiger partial charge in [0, 0.05) is 17.4 Å². The van der Waals surface area contributed by atoms with Crippen molar-refractivity contribution in [3.8, 4) is 6.07 Å². The summed E-state index contributed by atoms with van der Waals surface area (Å²) in [5, 5.41) is 15.2. The summed E-state index contributed by atoms with van der Waals surface area (Å²) in [5.74, 6) is -0.580. The van der Waals surface area contributed by atoms with Crippen LogP contribution >= 0.6 is 23.2 Å². The lowest BCUT2D eigenvalue weighted by Gasteiger charge is -2.07. The number of pyridine rings is 1. The van der Waals surface area contributed by atoms with Gasteiger partial charge in [-0.1, -0.05) is 23.2 Å². The second kappa shape index (κ2) is 7.46. The largest absolute Gasteiger partial charge is 0.359 e. The van der Waals surface area contributed by atoms with Gasteiger partial charge in [0.05, 0.1) is 22.6 Å². The van der Waals surface area contributed by atoms with Gasteiger partial charge in [0.2, 0.25) is 0 Å². The number of nitrogens with zero attached hydrogens (tertiary/aromatic N) is 2. The summed E-state index contributed by atoms with van der Waals surface area (Å²) >= 11 is 11.8. The first kappa shape index (κ1) is 15.8. The molecule has 0 aliphatic heterocycles. The first-order valence-corrected chi connectivity index (χ1v) is 6.89. The van der Waals surface area contributed by atoms with Crippen molar-refractivity contribution in [1.82, 2.24) is 4.98 Å². The third kappa shape index (κ3) is 4.22. The molecule has 0 saturated carbocycles. The lowest BCUT2D eigenvalue weighted by atomic mass is 10.2. The van der Waals surface area contributed by atoms with E-state index in [9.17, 15) is 4.79 Å². The van der Waals surface area contributed by atoms with Gasteiger partial charge in [0.15, 0.2) is 0 Å². The van der Waals surface area contributed by atoms with E-state index in [1.165, 1.54) is 12.3 Å². The van der Waals surface area contributed by atoms with Gasteiger partial charge >= 0.3 is 0 Å². The van der Waals surface area contributed by atoms with Crippen molar-refractivity contribution in [1.29, 1.82) is 5.26 Å². The minimum absolute atomic E-state index is 0.102. The van der Waals surface area contributed by atoms with Crippen LogP contribution in [0.25, 0.3) is 0 Å². The highest BCUT2D eigenvalue weighted by Crippen LogP contribution is 2.25. The molecule has 1 aromatic heterocycles. The number of hydrogen-bond acceptors (Lipinski definition) is 4. The molecule has 2 rings (SSSR count). The number of carbonyl (C=O) groups excluding carboxylic acids is 1. The van der Waals surface area contributed by atoms with Crippen LogP contribution in [0, 0.1) is 11.3 Å². The average Bonchev–Trinajstić information content (AvgIpc) is 2.52. The van der Waals surface area contributed by atoms with Gasteiger partial charge in [0.25, 0.3) is 5.91 Å². The Bertz CT molecular complexity index is 754. The van der Waals surface area contributed by atoms with Crippen molar-refractivity contribution in [3.63, 3.8) is 0 Å². The summed E-state index contributed by atoms with van der Waals surface area (Å²) < 4.78 is 0. The van der Waals surface area contributed by atoms with Crippen LogP contribution in [0.2, 0.25) is 10.0 Å². The number of benzene rings is 1. The number of anilines is 2. The Kier molecular flexibility index (Phi) is 5.37. The predicted octanol–water partition coefficient (Wildman–Crippen LogP) is 3.85. The molecule has 0 unspecified atom stereocenters. The quantitative estimate of drug-likeness (QED) is 0.658. The van der Waals surface area contributed by atoms with Crippen LogP contribution in [0.15, 0.2) is 54.5 Å². The summed E-state index contributed by atoms with van der Waals surface area (Å²) in [7, 11) is 0. The van der Waals surface area contributed by atoms with E-state index in [1.807, 2.05) is 6.07 Å². The predicted molar refractivity (Wildman–Crippen MR) is 86.6 cm³/mol. The third-order valence-corrected chi connectivity index (χ3v) is 3.14. The highest BCUT2D eigenvalue weighted by molar-refractivity contribution is 6.36. The average molecular weight is 333 g/mol. The molecular formula is C15H10Cl2N4O. The fraction of sp³-hybridized carbons (Fsp3) is 0.